The van der Waals surface area contributed by atoms with Gasteiger partial charge in [-0.15, -0.1) is 0 Å². The largest absolute Gasteiger partial charge is 0.373 e. The summed E-state index contributed by atoms with van der Waals surface area (Å²) in [5.41, 5.74) is 1.82. The number of hydrogen-bond acceptors (Lipinski definition) is 2. The second-order valence-electron chi connectivity index (χ2n) is 2.47. The van der Waals surface area contributed by atoms with Crippen LogP contribution in [0.4, 0.5) is 5.82 Å². The minimum absolute atomic E-state index is 0.712. The van der Waals surface area contributed by atoms with Crippen molar-refractivity contribution in [2.75, 3.05) is 12.4 Å². The number of rotatable bonds is 2. The molecule has 1 aromatic heterocycles. The number of hydrogen-bond donors (Lipinski definition) is 1. The van der Waals surface area contributed by atoms with Crippen molar-refractivity contribution in [1.82, 2.24) is 4.98 Å². The molecule has 0 aliphatic rings. The molecule has 0 spiro atoms. The van der Waals surface area contributed by atoms with Crippen LogP contribution in [0, 0.1) is 6.92 Å². The molecule has 3 heteroatoms. The van der Waals surface area contributed by atoms with E-state index in [-0.39, 0.29) is 0 Å². The van der Waals surface area contributed by atoms with Crippen molar-refractivity contribution in [3.05, 3.63) is 28.9 Å². The van der Waals surface area contributed by atoms with Gasteiger partial charge < -0.3 is 5.32 Å². The maximum absolute atomic E-state index is 6.03. The van der Waals surface area contributed by atoms with Crippen molar-refractivity contribution in [3.8, 4) is 0 Å². The van der Waals surface area contributed by atoms with E-state index in [0.29, 0.717) is 5.02 Å². The second kappa shape index (κ2) is 3.59. The van der Waals surface area contributed by atoms with E-state index in [1.54, 1.807) is 19.3 Å². The third-order valence-electron chi connectivity index (χ3n) is 1.67. The maximum atomic E-state index is 6.03. The molecule has 0 amide bonds. The third kappa shape index (κ3) is 1.43. The van der Waals surface area contributed by atoms with Crippen molar-refractivity contribution in [2.45, 2.75) is 6.92 Å². The molecular weight excluding hydrogens is 172 g/mol. The zero-order valence-electron chi connectivity index (χ0n) is 7.19. The Morgan fingerprint density at radius 2 is 2.33 bits per heavy atom. The second-order valence-corrected chi connectivity index (χ2v) is 2.85. The fourth-order valence-electron chi connectivity index (χ4n) is 0.989. The summed E-state index contributed by atoms with van der Waals surface area (Å²) < 4.78 is 0. The van der Waals surface area contributed by atoms with Gasteiger partial charge in [0, 0.05) is 18.8 Å². The van der Waals surface area contributed by atoms with Gasteiger partial charge >= 0.3 is 0 Å². The van der Waals surface area contributed by atoms with Crippen LogP contribution in [0.3, 0.4) is 0 Å². The first kappa shape index (κ1) is 9.07. The SMILES string of the molecule is C=Cc1c(NC)ncc(C)c1Cl. The molecule has 1 heterocycles. The van der Waals surface area contributed by atoms with E-state index >= 15 is 0 Å². The Bertz CT molecular complexity index is 308. The lowest BCUT2D eigenvalue weighted by Gasteiger charge is -2.07. The van der Waals surface area contributed by atoms with Crippen molar-refractivity contribution in [1.29, 1.82) is 0 Å². The van der Waals surface area contributed by atoms with Gasteiger partial charge in [0.05, 0.1) is 5.02 Å². The van der Waals surface area contributed by atoms with Crippen LogP contribution in [-0.2, 0) is 0 Å². The Morgan fingerprint density at radius 3 is 2.83 bits per heavy atom. The molecule has 2 nitrogen and oxygen atoms in total. The standard InChI is InChI=1S/C9H11ClN2/c1-4-7-8(10)6(2)5-12-9(7)11-3/h4-5H,1H2,2-3H3,(H,11,12). The highest BCUT2D eigenvalue weighted by Crippen LogP contribution is 2.25. The number of anilines is 1. The number of pyridine rings is 1. The zero-order valence-corrected chi connectivity index (χ0v) is 7.94. The smallest absolute Gasteiger partial charge is 0.134 e. The molecule has 64 valence electrons. The van der Waals surface area contributed by atoms with Crippen molar-refractivity contribution < 1.29 is 0 Å². The Balaban J connectivity index is 3.35. The molecule has 0 saturated heterocycles. The van der Waals surface area contributed by atoms with Crippen LogP contribution in [0.2, 0.25) is 5.02 Å². The third-order valence-corrected chi connectivity index (χ3v) is 2.17. The minimum Gasteiger partial charge on any atom is -0.373 e. The van der Waals surface area contributed by atoms with Crippen LogP contribution in [0.1, 0.15) is 11.1 Å². The first-order chi connectivity index (χ1) is 5.70. The molecule has 0 bridgehead atoms. The molecule has 0 unspecified atom stereocenters. The van der Waals surface area contributed by atoms with E-state index in [1.165, 1.54) is 0 Å². The topological polar surface area (TPSA) is 24.9 Å². The average molecular weight is 183 g/mol. The Hall–Kier alpha value is -1.02. The molecule has 0 aliphatic carbocycles. The van der Waals surface area contributed by atoms with E-state index in [2.05, 4.69) is 16.9 Å². The number of halogens is 1. The van der Waals surface area contributed by atoms with Gasteiger partial charge in [-0.3, -0.25) is 0 Å². The number of nitrogens with one attached hydrogen (secondary N) is 1. The maximum Gasteiger partial charge on any atom is 0.134 e. The summed E-state index contributed by atoms with van der Waals surface area (Å²) in [6.07, 6.45) is 3.44. The molecule has 1 aromatic rings. The summed E-state index contributed by atoms with van der Waals surface area (Å²) in [7, 11) is 1.81. The summed E-state index contributed by atoms with van der Waals surface area (Å²) >= 11 is 6.03. The van der Waals surface area contributed by atoms with Gasteiger partial charge in [0.15, 0.2) is 0 Å². The van der Waals surface area contributed by atoms with Gasteiger partial charge in [-0.25, -0.2) is 4.98 Å². The molecule has 0 radical (unpaired) electrons. The quantitative estimate of drug-likeness (QED) is 0.761. The zero-order chi connectivity index (χ0) is 9.14. The molecule has 0 aromatic carbocycles. The van der Waals surface area contributed by atoms with Crippen LogP contribution in [0.25, 0.3) is 6.08 Å². The normalized spacial score (nSPS) is 9.58. The van der Waals surface area contributed by atoms with Crippen molar-refractivity contribution in [3.63, 3.8) is 0 Å². The van der Waals surface area contributed by atoms with E-state index < -0.39 is 0 Å². The number of aromatic nitrogens is 1. The fraction of sp³-hybridized carbons (Fsp3) is 0.222. The summed E-state index contributed by atoms with van der Waals surface area (Å²) in [5, 5.41) is 3.66. The first-order valence-electron chi connectivity index (χ1n) is 3.66. The van der Waals surface area contributed by atoms with Gasteiger partial charge in [-0.1, -0.05) is 24.3 Å². The molecule has 0 saturated carbocycles. The molecule has 0 aliphatic heterocycles. The minimum atomic E-state index is 0.712. The number of aryl methyl sites for hydroxylation is 1. The summed E-state index contributed by atoms with van der Waals surface area (Å²) in [6, 6.07) is 0. The fourth-order valence-corrected chi connectivity index (χ4v) is 1.20. The van der Waals surface area contributed by atoms with E-state index in [1.807, 2.05) is 6.92 Å². The van der Waals surface area contributed by atoms with E-state index in [9.17, 15) is 0 Å². The average Bonchev–Trinajstić information content (AvgIpc) is 2.09. The van der Waals surface area contributed by atoms with E-state index in [0.717, 1.165) is 16.9 Å². The summed E-state index contributed by atoms with van der Waals surface area (Å²) in [6.45, 7) is 5.60. The van der Waals surface area contributed by atoms with E-state index in [4.69, 9.17) is 11.6 Å². The molecule has 0 fully saturated rings. The summed E-state index contributed by atoms with van der Waals surface area (Å²) in [4.78, 5) is 4.16. The van der Waals surface area contributed by atoms with Gasteiger partial charge in [0.2, 0.25) is 0 Å². The van der Waals surface area contributed by atoms with Crippen LogP contribution < -0.4 is 5.32 Å². The van der Waals surface area contributed by atoms with Gasteiger partial charge in [-0.05, 0) is 12.5 Å². The predicted octanol–water partition coefficient (Wildman–Crippen LogP) is 2.73. The Labute approximate surface area is 77.3 Å². The monoisotopic (exact) mass is 182 g/mol. The lowest BCUT2D eigenvalue weighted by Crippen LogP contribution is -1.96. The highest BCUT2D eigenvalue weighted by molar-refractivity contribution is 6.33. The van der Waals surface area contributed by atoms with Gasteiger partial charge in [-0.2, -0.15) is 0 Å². The van der Waals surface area contributed by atoms with Gasteiger partial charge in [0.25, 0.3) is 0 Å². The molecule has 0 atom stereocenters. The first-order valence-corrected chi connectivity index (χ1v) is 4.03. The summed E-state index contributed by atoms with van der Waals surface area (Å²) in [5.74, 6) is 0.764. The van der Waals surface area contributed by atoms with Crippen LogP contribution >= 0.6 is 11.6 Å². The molecule has 1 N–H and O–H groups in total. The lowest BCUT2D eigenvalue weighted by molar-refractivity contribution is 1.23. The molecular formula is C9H11ClN2. The van der Waals surface area contributed by atoms with Crippen LogP contribution in [-0.4, -0.2) is 12.0 Å². The molecule has 12 heavy (non-hydrogen) atoms. The lowest BCUT2D eigenvalue weighted by atomic mass is 10.2. The van der Waals surface area contributed by atoms with Gasteiger partial charge in [0.1, 0.15) is 5.82 Å². The predicted molar refractivity (Wildman–Crippen MR) is 53.6 cm³/mol. The highest BCUT2D eigenvalue weighted by Gasteiger charge is 2.05. The van der Waals surface area contributed by atoms with Crippen molar-refractivity contribution >= 4 is 23.5 Å². The number of nitrogens with zero attached hydrogens (tertiary/aromatic N) is 1. The highest BCUT2D eigenvalue weighted by atomic mass is 35.5. The van der Waals surface area contributed by atoms with Crippen molar-refractivity contribution in [2.24, 2.45) is 0 Å². The van der Waals surface area contributed by atoms with Crippen LogP contribution in [0.5, 0.6) is 0 Å². The Morgan fingerprint density at radius 1 is 1.67 bits per heavy atom. The molecule has 1 rings (SSSR count). The Kier molecular flexibility index (Phi) is 2.71. The van der Waals surface area contributed by atoms with Crippen LogP contribution in [0.15, 0.2) is 12.8 Å².